The Morgan fingerprint density at radius 3 is 2.29 bits per heavy atom. The largest absolute Gasteiger partial charge is 0.378 e. The maximum atomic E-state index is 4.57. The molecule has 0 radical (unpaired) electrons. The molecule has 0 amide bonds. The first-order valence-corrected chi connectivity index (χ1v) is 10.2. The molecule has 1 aromatic heterocycles. The molecule has 6 heteroatoms. The molecule has 2 aromatic rings. The van der Waals surface area contributed by atoms with Gasteiger partial charge in [-0.1, -0.05) is 12.1 Å². The number of hydrogen-bond donors (Lipinski definition) is 2. The Hall–Kier alpha value is -2.34. The average Bonchev–Trinajstić information content (AvgIpc) is 2.70. The summed E-state index contributed by atoms with van der Waals surface area (Å²) < 4.78 is 0. The molecule has 3 rings (SSSR count). The molecule has 1 aromatic carbocycles. The van der Waals surface area contributed by atoms with Crippen molar-refractivity contribution in [2.24, 2.45) is 5.92 Å². The predicted octanol–water partition coefficient (Wildman–Crippen LogP) is 3.37. The molecule has 152 valence electrons. The molecule has 28 heavy (non-hydrogen) atoms. The highest BCUT2D eigenvalue weighted by Crippen LogP contribution is 2.26. The quantitative estimate of drug-likeness (QED) is 0.730. The monoisotopic (exact) mass is 382 g/mol. The molecule has 0 saturated heterocycles. The van der Waals surface area contributed by atoms with Crippen LogP contribution in [0.4, 0.5) is 17.5 Å². The van der Waals surface area contributed by atoms with Crippen LogP contribution >= 0.6 is 0 Å². The highest BCUT2D eigenvalue weighted by atomic mass is 15.2. The molecule has 0 spiro atoms. The first-order valence-electron chi connectivity index (χ1n) is 10.2. The van der Waals surface area contributed by atoms with Gasteiger partial charge in [0, 0.05) is 52.7 Å². The maximum Gasteiger partial charge on any atom is 0.224 e. The SMILES string of the molecule is CN(C)c1ccc(CNC[C@H]2CC[C@@H](Nc3nccc(N(C)C)n3)CC2)cc1. The third-order valence-corrected chi connectivity index (χ3v) is 5.49. The molecule has 6 nitrogen and oxygen atoms in total. The van der Waals surface area contributed by atoms with E-state index in [0.717, 1.165) is 30.8 Å². The van der Waals surface area contributed by atoms with Crippen molar-refractivity contribution in [3.63, 3.8) is 0 Å². The summed E-state index contributed by atoms with van der Waals surface area (Å²) in [5.74, 6) is 2.44. The lowest BCUT2D eigenvalue weighted by Gasteiger charge is -2.29. The Bertz CT molecular complexity index is 720. The van der Waals surface area contributed by atoms with Gasteiger partial charge in [0.2, 0.25) is 5.95 Å². The Kier molecular flexibility index (Phi) is 7.09. The summed E-state index contributed by atoms with van der Waals surface area (Å²) in [5, 5.41) is 7.16. The second kappa shape index (κ2) is 9.73. The van der Waals surface area contributed by atoms with Gasteiger partial charge in [-0.3, -0.25) is 0 Å². The van der Waals surface area contributed by atoms with Crippen molar-refractivity contribution < 1.29 is 0 Å². The zero-order chi connectivity index (χ0) is 19.9. The first kappa shape index (κ1) is 20.4. The minimum atomic E-state index is 0.479. The number of nitrogens with one attached hydrogen (secondary N) is 2. The van der Waals surface area contributed by atoms with Crippen LogP contribution in [0.15, 0.2) is 36.5 Å². The molecule has 0 aliphatic heterocycles. The van der Waals surface area contributed by atoms with E-state index in [-0.39, 0.29) is 0 Å². The second-order valence-electron chi connectivity index (χ2n) is 8.19. The zero-order valence-corrected chi connectivity index (χ0v) is 17.7. The first-order chi connectivity index (χ1) is 13.5. The van der Waals surface area contributed by atoms with Gasteiger partial charge in [-0.15, -0.1) is 0 Å². The van der Waals surface area contributed by atoms with Crippen molar-refractivity contribution >= 4 is 17.5 Å². The third kappa shape index (κ3) is 5.83. The number of hydrogen-bond acceptors (Lipinski definition) is 6. The van der Waals surface area contributed by atoms with Crippen LogP contribution in [-0.2, 0) is 6.54 Å². The van der Waals surface area contributed by atoms with E-state index in [4.69, 9.17) is 0 Å². The summed E-state index contributed by atoms with van der Waals surface area (Å²) in [6.45, 7) is 2.03. The molecule has 1 saturated carbocycles. The lowest BCUT2D eigenvalue weighted by atomic mass is 9.86. The number of benzene rings is 1. The van der Waals surface area contributed by atoms with Crippen molar-refractivity contribution in [2.75, 3.05) is 49.9 Å². The molecule has 0 bridgehead atoms. The van der Waals surface area contributed by atoms with E-state index in [1.54, 1.807) is 0 Å². The predicted molar refractivity (Wildman–Crippen MR) is 118 cm³/mol. The number of rotatable bonds is 8. The van der Waals surface area contributed by atoms with Gasteiger partial charge in [0.05, 0.1) is 0 Å². The van der Waals surface area contributed by atoms with Gasteiger partial charge in [-0.25, -0.2) is 4.98 Å². The maximum absolute atomic E-state index is 4.57. The minimum absolute atomic E-state index is 0.479. The zero-order valence-electron chi connectivity index (χ0n) is 17.7. The fourth-order valence-electron chi connectivity index (χ4n) is 3.69. The van der Waals surface area contributed by atoms with Crippen molar-refractivity contribution in [3.05, 3.63) is 42.1 Å². The summed E-state index contributed by atoms with van der Waals surface area (Å²) in [7, 11) is 8.15. The van der Waals surface area contributed by atoms with Crippen LogP contribution in [0.5, 0.6) is 0 Å². The number of anilines is 3. The van der Waals surface area contributed by atoms with Gasteiger partial charge < -0.3 is 20.4 Å². The highest BCUT2D eigenvalue weighted by Gasteiger charge is 2.21. The fraction of sp³-hybridized carbons (Fsp3) is 0.545. The van der Waals surface area contributed by atoms with E-state index < -0.39 is 0 Å². The van der Waals surface area contributed by atoms with E-state index >= 15 is 0 Å². The summed E-state index contributed by atoms with van der Waals surface area (Å²) in [4.78, 5) is 13.1. The summed E-state index contributed by atoms with van der Waals surface area (Å²) >= 11 is 0. The standard InChI is InChI=1S/C22H34N6/c1-27(2)20-11-7-18(8-12-20)16-23-15-17-5-9-19(10-6-17)25-22-24-14-13-21(26-22)28(3)4/h7-8,11-14,17,19,23H,5-6,9-10,15-16H2,1-4H3,(H,24,25,26)/t17-,19+. The lowest BCUT2D eigenvalue weighted by Crippen LogP contribution is -2.31. The molecule has 1 aliphatic carbocycles. The van der Waals surface area contributed by atoms with Crippen LogP contribution in [0, 0.1) is 5.92 Å². The minimum Gasteiger partial charge on any atom is -0.378 e. The Labute approximate surface area is 169 Å². The third-order valence-electron chi connectivity index (χ3n) is 5.49. The van der Waals surface area contributed by atoms with Crippen LogP contribution < -0.4 is 20.4 Å². The molecule has 0 unspecified atom stereocenters. The smallest absolute Gasteiger partial charge is 0.224 e. The molecule has 1 heterocycles. The van der Waals surface area contributed by atoms with E-state index in [1.165, 1.54) is 36.9 Å². The van der Waals surface area contributed by atoms with Crippen LogP contribution in [0.3, 0.4) is 0 Å². The number of aromatic nitrogens is 2. The van der Waals surface area contributed by atoms with E-state index in [1.807, 2.05) is 31.3 Å². The molecule has 2 N–H and O–H groups in total. The highest BCUT2D eigenvalue weighted by molar-refractivity contribution is 5.46. The summed E-state index contributed by atoms with van der Waals surface area (Å²) in [6.07, 6.45) is 6.68. The normalized spacial score (nSPS) is 19.3. The van der Waals surface area contributed by atoms with Crippen molar-refractivity contribution in [2.45, 2.75) is 38.3 Å². The van der Waals surface area contributed by atoms with Crippen LogP contribution in [0.2, 0.25) is 0 Å². The molecule has 1 fully saturated rings. The topological polar surface area (TPSA) is 56.3 Å². The Morgan fingerprint density at radius 2 is 1.64 bits per heavy atom. The van der Waals surface area contributed by atoms with Crippen molar-refractivity contribution in [1.82, 2.24) is 15.3 Å². The van der Waals surface area contributed by atoms with Crippen molar-refractivity contribution in [3.8, 4) is 0 Å². The molecule has 1 aliphatic rings. The molecule has 0 atom stereocenters. The van der Waals surface area contributed by atoms with Gasteiger partial charge in [-0.2, -0.15) is 4.98 Å². The molecular weight excluding hydrogens is 348 g/mol. The second-order valence-corrected chi connectivity index (χ2v) is 8.19. The van der Waals surface area contributed by atoms with Gasteiger partial charge in [-0.05, 0) is 61.9 Å². The van der Waals surface area contributed by atoms with Gasteiger partial charge in [0.1, 0.15) is 5.82 Å². The van der Waals surface area contributed by atoms with Gasteiger partial charge in [0.15, 0.2) is 0 Å². The molecular formula is C22H34N6. The Balaban J connectivity index is 1.38. The van der Waals surface area contributed by atoms with Gasteiger partial charge >= 0.3 is 0 Å². The lowest BCUT2D eigenvalue weighted by molar-refractivity contribution is 0.324. The van der Waals surface area contributed by atoms with Crippen LogP contribution in [-0.4, -0.2) is 50.7 Å². The van der Waals surface area contributed by atoms with E-state index in [2.05, 4.69) is 63.9 Å². The summed E-state index contributed by atoms with van der Waals surface area (Å²) in [5.41, 5.74) is 2.59. The van der Waals surface area contributed by atoms with Crippen LogP contribution in [0.1, 0.15) is 31.2 Å². The van der Waals surface area contributed by atoms with Gasteiger partial charge in [0.25, 0.3) is 0 Å². The average molecular weight is 383 g/mol. The number of nitrogens with zero attached hydrogens (tertiary/aromatic N) is 4. The van der Waals surface area contributed by atoms with E-state index in [9.17, 15) is 0 Å². The van der Waals surface area contributed by atoms with E-state index in [0.29, 0.717) is 6.04 Å². The Morgan fingerprint density at radius 1 is 0.929 bits per heavy atom. The fourth-order valence-corrected chi connectivity index (χ4v) is 3.69. The summed E-state index contributed by atoms with van der Waals surface area (Å²) in [6, 6.07) is 11.2. The van der Waals surface area contributed by atoms with Crippen LogP contribution in [0.25, 0.3) is 0 Å². The van der Waals surface area contributed by atoms with Crippen molar-refractivity contribution in [1.29, 1.82) is 0 Å².